The minimum Gasteiger partial charge on any atom is -0.372 e. The highest BCUT2D eigenvalue weighted by Gasteiger charge is 2.14. The Morgan fingerprint density at radius 1 is 1.90 bits per heavy atom. The van der Waals surface area contributed by atoms with Crippen LogP contribution in [0.1, 0.15) is 13.3 Å². The molecule has 0 aliphatic rings. The van der Waals surface area contributed by atoms with E-state index in [1.54, 1.807) is 0 Å². The molecule has 0 rings (SSSR count). The molecule has 0 saturated heterocycles. The maximum absolute atomic E-state index is 10.8. The van der Waals surface area contributed by atoms with E-state index in [1.165, 1.54) is 0 Å². The zero-order chi connectivity index (χ0) is 7.98. The van der Waals surface area contributed by atoms with E-state index in [1.807, 2.05) is 13.0 Å². The second-order valence-corrected chi connectivity index (χ2v) is 1.88. The molecule has 0 aliphatic heterocycles. The summed E-state index contributed by atoms with van der Waals surface area (Å²) in [6.45, 7) is 2.15. The van der Waals surface area contributed by atoms with Gasteiger partial charge in [0, 0.05) is 6.54 Å². The van der Waals surface area contributed by atoms with Gasteiger partial charge in [-0.3, -0.25) is 4.79 Å². The van der Waals surface area contributed by atoms with Crippen LogP contribution in [0.5, 0.6) is 0 Å². The summed E-state index contributed by atoms with van der Waals surface area (Å²) in [4.78, 5) is 10.8. The van der Waals surface area contributed by atoms with Gasteiger partial charge in [0.25, 0.3) is 0 Å². The summed E-state index contributed by atoms with van der Waals surface area (Å²) in [5.74, 6) is -0.663. The van der Waals surface area contributed by atoms with E-state index in [9.17, 15) is 4.79 Å². The lowest BCUT2D eigenvalue weighted by molar-refractivity contribution is -0.141. The Hall–Kier alpha value is -1.01. The van der Waals surface area contributed by atoms with E-state index in [0.717, 1.165) is 0 Å². The number of rotatable bonds is 3. The lowest BCUT2D eigenvalue weighted by Gasteiger charge is -2.06. The van der Waals surface area contributed by atoms with Gasteiger partial charge in [0.1, 0.15) is 6.11 Å². The van der Waals surface area contributed by atoms with E-state index >= 15 is 0 Å². The first-order valence-electron chi connectivity index (χ1n) is 3.12. The van der Waals surface area contributed by atoms with Crippen LogP contribution in [-0.2, 0) is 9.53 Å². The smallest absolute Gasteiger partial charge is 0.324 e. The molecular formula is C7H11NO2. The van der Waals surface area contributed by atoms with Crippen LogP contribution >= 0.6 is 0 Å². The van der Waals surface area contributed by atoms with Crippen molar-refractivity contribution in [3.8, 4) is 12.5 Å². The predicted molar refractivity (Wildman–Crippen MR) is 37.8 cm³/mol. The van der Waals surface area contributed by atoms with E-state index in [-0.39, 0.29) is 12.5 Å². The van der Waals surface area contributed by atoms with Gasteiger partial charge in [0.15, 0.2) is 0 Å². The molecule has 0 aliphatic carbocycles. The van der Waals surface area contributed by atoms with Gasteiger partial charge in [-0.15, -0.1) is 0 Å². The summed E-state index contributed by atoms with van der Waals surface area (Å²) < 4.78 is 4.29. The molecule has 0 aromatic carbocycles. The second kappa shape index (κ2) is 4.83. The molecule has 0 saturated carbocycles. The number of carbonyl (C=O) groups excluding carboxylic acids is 1. The Morgan fingerprint density at radius 2 is 2.50 bits per heavy atom. The largest absolute Gasteiger partial charge is 0.372 e. The van der Waals surface area contributed by atoms with E-state index in [4.69, 9.17) is 12.2 Å². The molecule has 0 heterocycles. The minimum atomic E-state index is -0.410. The third kappa shape index (κ3) is 2.51. The molecule has 0 amide bonds. The molecule has 3 nitrogen and oxygen atoms in total. The molecule has 0 bridgehead atoms. The maximum atomic E-state index is 10.8. The van der Waals surface area contributed by atoms with E-state index in [0.29, 0.717) is 6.42 Å². The Labute approximate surface area is 60.5 Å². The molecular weight excluding hydrogens is 130 g/mol. The summed E-state index contributed by atoms with van der Waals surface area (Å²) in [5, 5.41) is 0. The fraction of sp³-hybridized carbons (Fsp3) is 0.571. The second-order valence-electron chi connectivity index (χ2n) is 1.88. The summed E-state index contributed by atoms with van der Waals surface area (Å²) in [7, 11) is 0. The number of nitrogens with two attached hydrogens (primary N) is 1. The first-order chi connectivity index (χ1) is 4.76. The van der Waals surface area contributed by atoms with Crippen LogP contribution in [0.15, 0.2) is 0 Å². The van der Waals surface area contributed by atoms with Crippen molar-refractivity contribution < 1.29 is 9.53 Å². The Kier molecular flexibility index (Phi) is 4.34. The maximum Gasteiger partial charge on any atom is 0.324 e. The summed E-state index contributed by atoms with van der Waals surface area (Å²) in [6.07, 6.45) is 7.22. The predicted octanol–water partition coefficient (Wildman–Crippen LogP) is 0.105. The standard InChI is InChI=1S/C7H11NO2/c1-3-6(5-8)7(9)10-4-2/h2,6H,3,5,8H2,1H3/t6-/m0/s1. The molecule has 56 valence electrons. The summed E-state index contributed by atoms with van der Waals surface area (Å²) >= 11 is 0. The molecule has 0 aromatic rings. The fourth-order valence-corrected chi connectivity index (χ4v) is 0.571. The van der Waals surface area contributed by atoms with Crippen molar-refractivity contribution in [2.45, 2.75) is 13.3 Å². The van der Waals surface area contributed by atoms with Gasteiger partial charge < -0.3 is 10.5 Å². The highest BCUT2D eigenvalue weighted by Crippen LogP contribution is 2.01. The SMILES string of the molecule is C#COC(=O)[C@@H](CC)CN. The topological polar surface area (TPSA) is 52.3 Å². The van der Waals surface area contributed by atoms with Crippen LogP contribution in [0.4, 0.5) is 0 Å². The van der Waals surface area contributed by atoms with Crippen molar-refractivity contribution in [1.29, 1.82) is 0 Å². The highest BCUT2D eigenvalue weighted by molar-refractivity contribution is 5.73. The van der Waals surface area contributed by atoms with Gasteiger partial charge in [-0.25, -0.2) is 0 Å². The number of hydrogen-bond acceptors (Lipinski definition) is 3. The lowest BCUT2D eigenvalue weighted by Crippen LogP contribution is -2.23. The lowest BCUT2D eigenvalue weighted by atomic mass is 10.1. The van der Waals surface area contributed by atoms with Crippen LogP contribution < -0.4 is 5.73 Å². The molecule has 3 heteroatoms. The van der Waals surface area contributed by atoms with Crippen molar-refractivity contribution in [2.75, 3.05) is 6.54 Å². The Morgan fingerprint density at radius 3 is 2.80 bits per heavy atom. The van der Waals surface area contributed by atoms with Crippen LogP contribution in [0.25, 0.3) is 0 Å². The van der Waals surface area contributed by atoms with Crippen molar-refractivity contribution in [3.05, 3.63) is 0 Å². The molecule has 0 radical (unpaired) electrons. The molecule has 0 aromatic heterocycles. The van der Waals surface area contributed by atoms with Crippen LogP contribution in [0.3, 0.4) is 0 Å². The normalized spacial score (nSPS) is 11.7. The monoisotopic (exact) mass is 141 g/mol. The minimum absolute atomic E-state index is 0.254. The fourth-order valence-electron chi connectivity index (χ4n) is 0.571. The van der Waals surface area contributed by atoms with Crippen molar-refractivity contribution in [2.24, 2.45) is 11.7 Å². The Balaban J connectivity index is 3.79. The van der Waals surface area contributed by atoms with Gasteiger partial charge in [-0.2, -0.15) is 0 Å². The number of terminal acetylenes is 1. The number of carbonyl (C=O) groups is 1. The van der Waals surface area contributed by atoms with Gasteiger partial charge in [-0.1, -0.05) is 13.3 Å². The molecule has 0 unspecified atom stereocenters. The summed E-state index contributed by atoms with van der Waals surface area (Å²) in [5.41, 5.74) is 5.25. The van der Waals surface area contributed by atoms with E-state index < -0.39 is 5.97 Å². The molecule has 2 N–H and O–H groups in total. The zero-order valence-electron chi connectivity index (χ0n) is 5.96. The number of hydrogen-bond donors (Lipinski definition) is 1. The average Bonchev–Trinajstić information content (AvgIpc) is 1.91. The average molecular weight is 141 g/mol. The number of esters is 1. The Bertz CT molecular complexity index is 144. The van der Waals surface area contributed by atoms with Crippen LogP contribution in [-0.4, -0.2) is 12.5 Å². The van der Waals surface area contributed by atoms with Crippen molar-refractivity contribution in [3.63, 3.8) is 0 Å². The first-order valence-corrected chi connectivity index (χ1v) is 3.12. The molecule has 0 spiro atoms. The highest BCUT2D eigenvalue weighted by atomic mass is 16.5. The zero-order valence-corrected chi connectivity index (χ0v) is 5.96. The first kappa shape index (κ1) is 8.99. The number of ether oxygens (including phenoxy) is 1. The van der Waals surface area contributed by atoms with Gasteiger partial charge in [0.05, 0.1) is 5.92 Å². The third-order valence-electron chi connectivity index (χ3n) is 1.27. The van der Waals surface area contributed by atoms with Gasteiger partial charge in [-0.05, 0) is 6.42 Å². The van der Waals surface area contributed by atoms with Gasteiger partial charge in [0.2, 0.25) is 0 Å². The van der Waals surface area contributed by atoms with Crippen molar-refractivity contribution in [1.82, 2.24) is 0 Å². The van der Waals surface area contributed by atoms with Crippen molar-refractivity contribution >= 4 is 5.97 Å². The quantitative estimate of drug-likeness (QED) is 0.448. The summed E-state index contributed by atoms with van der Waals surface area (Å²) in [6, 6.07) is 0. The molecule has 0 fully saturated rings. The van der Waals surface area contributed by atoms with Gasteiger partial charge >= 0.3 is 5.97 Å². The van der Waals surface area contributed by atoms with Crippen LogP contribution in [0.2, 0.25) is 0 Å². The molecule has 10 heavy (non-hydrogen) atoms. The van der Waals surface area contributed by atoms with E-state index in [2.05, 4.69) is 4.74 Å². The molecule has 1 atom stereocenters. The van der Waals surface area contributed by atoms with Crippen LogP contribution in [0, 0.1) is 18.4 Å². The third-order valence-corrected chi connectivity index (χ3v) is 1.27.